The van der Waals surface area contributed by atoms with Gasteiger partial charge in [-0.05, 0) is 59.6 Å². The van der Waals surface area contributed by atoms with Crippen LogP contribution in [0.3, 0.4) is 0 Å². The van der Waals surface area contributed by atoms with Crippen LogP contribution >= 0.6 is 0 Å². The van der Waals surface area contributed by atoms with Crippen LogP contribution in [0.25, 0.3) is 0 Å². The Morgan fingerprint density at radius 1 is 1.14 bits per heavy atom. The maximum atomic E-state index is 12.7. The zero-order chi connectivity index (χ0) is 15.1. The maximum absolute atomic E-state index is 12.7. The molecule has 0 aromatic heterocycles. The van der Waals surface area contributed by atoms with Gasteiger partial charge in [-0.25, -0.2) is 4.39 Å². The van der Waals surface area contributed by atoms with Gasteiger partial charge in [-0.1, -0.05) is 18.2 Å². The maximum Gasteiger partial charge on any atom is 0.153 e. The van der Waals surface area contributed by atoms with E-state index in [9.17, 15) is 8.94 Å². The first-order valence-electron chi connectivity index (χ1n) is 6.51. The highest BCUT2D eigenvalue weighted by atomic mass is 32.2. The van der Waals surface area contributed by atoms with E-state index in [-0.39, 0.29) is 5.82 Å². The van der Waals surface area contributed by atoms with E-state index in [0.717, 1.165) is 16.2 Å². The van der Waals surface area contributed by atoms with E-state index in [1.165, 1.54) is 12.1 Å². The molecule has 0 aliphatic rings. The van der Waals surface area contributed by atoms with Crippen molar-refractivity contribution in [1.82, 2.24) is 0 Å². The van der Waals surface area contributed by atoms with Crippen molar-refractivity contribution in [2.24, 2.45) is 0 Å². The second-order valence-corrected chi connectivity index (χ2v) is 5.86. The van der Waals surface area contributed by atoms with Crippen molar-refractivity contribution in [3.8, 4) is 5.75 Å². The van der Waals surface area contributed by atoms with E-state index in [4.69, 9.17) is 4.74 Å². The van der Waals surface area contributed by atoms with Crippen LogP contribution in [-0.2, 0) is 17.6 Å². The van der Waals surface area contributed by atoms with Crippen LogP contribution in [-0.4, -0.2) is 17.4 Å². The minimum Gasteiger partial charge on any atom is -0.611 e. The first-order valence-corrected chi connectivity index (χ1v) is 7.83. The van der Waals surface area contributed by atoms with Crippen LogP contribution in [0.1, 0.15) is 5.56 Å². The van der Waals surface area contributed by atoms with Crippen molar-refractivity contribution in [1.29, 1.82) is 0 Å². The SMILES string of the molecule is COc1ccc([S+]([O-])C/[C]=C\Cc2ccc(F)cc2)cc1. The molecule has 0 bridgehead atoms. The monoisotopic (exact) mass is 303 g/mol. The van der Waals surface area contributed by atoms with E-state index in [2.05, 4.69) is 6.08 Å². The lowest BCUT2D eigenvalue weighted by atomic mass is 10.1. The Hall–Kier alpha value is -1.78. The Kier molecular flexibility index (Phi) is 5.84. The first kappa shape index (κ1) is 15.6. The molecule has 0 aliphatic carbocycles. The number of ether oxygens (including phenoxy) is 1. The van der Waals surface area contributed by atoms with Gasteiger partial charge in [-0.2, -0.15) is 0 Å². The number of allylic oxidation sites excluding steroid dienone is 1. The minimum atomic E-state index is -1.11. The summed E-state index contributed by atoms with van der Waals surface area (Å²) in [4.78, 5) is 0.749. The van der Waals surface area contributed by atoms with Gasteiger partial charge in [-0.3, -0.25) is 0 Å². The van der Waals surface area contributed by atoms with Gasteiger partial charge >= 0.3 is 0 Å². The molecule has 0 heterocycles. The zero-order valence-corrected chi connectivity index (χ0v) is 12.5. The normalized spacial score (nSPS) is 12.5. The predicted molar refractivity (Wildman–Crippen MR) is 82.2 cm³/mol. The fourth-order valence-corrected chi connectivity index (χ4v) is 2.63. The molecule has 1 unspecified atom stereocenters. The molecule has 0 fully saturated rings. The third kappa shape index (κ3) is 4.92. The van der Waals surface area contributed by atoms with Crippen LogP contribution in [0, 0.1) is 11.9 Å². The third-order valence-corrected chi connectivity index (χ3v) is 4.16. The van der Waals surface area contributed by atoms with Crippen molar-refractivity contribution >= 4 is 11.2 Å². The number of hydrogen-bond acceptors (Lipinski definition) is 2. The number of rotatable bonds is 6. The van der Waals surface area contributed by atoms with Crippen molar-refractivity contribution in [2.75, 3.05) is 12.9 Å². The van der Waals surface area contributed by atoms with Crippen LogP contribution in [0.2, 0.25) is 0 Å². The first-order chi connectivity index (χ1) is 10.2. The van der Waals surface area contributed by atoms with E-state index in [1.807, 2.05) is 6.08 Å². The largest absolute Gasteiger partial charge is 0.611 e. The summed E-state index contributed by atoms with van der Waals surface area (Å²) in [5.41, 5.74) is 0.999. The second-order valence-electron chi connectivity index (χ2n) is 4.40. The van der Waals surface area contributed by atoms with E-state index >= 15 is 0 Å². The zero-order valence-electron chi connectivity index (χ0n) is 11.7. The minimum absolute atomic E-state index is 0.243. The fraction of sp³-hybridized carbons (Fsp3) is 0.176. The number of halogens is 1. The predicted octanol–water partition coefficient (Wildman–Crippen LogP) is 3.54. The number of methoxy groups -OCH3 is 1. The molecule has 4 heteroatoms. The van der Waals surface area contributed by atoms with Crippen LogP contribution < -0.4 is 4.74 Å². The van der Waals surface area contributed by atoms with Crippen LogP contribution in [0.5, 0.6) is 5.75 Å². The molecule has 2 aromatic rings. The quantitative estimate of drug-likeness (QED) is 0.765. The average Bonchev–Trinajstić information content (AvgIpc) is 2.53. The van der Waals surface area contributed by atoms with Gasteiger partial charge in [0, 0.05) is 6.08 Å². The van der Waals surface area contributed by atoms with Crippen molar-refractivity contribution in [2.45, 2.75) is 11.3 Å². The highest BCUT2D eigenvalue weighted by Crippen LogP contribution is 2.16. The van der Waals surface area contributed by atoms with Gasteiger partial charge in [0.05, 0.1) is 7.11 Å². The highest BCUT2D eigenvalue weighted by Gasteiger charge is 2.08. The van der Waals surface area contributed by atoms with Gasteiger partial charge in [-0.15, -0.1) is 0 Å². The summed E-state index contributed by atoms with van der Waals surface area (Å²) in [5.74, 6) is 0.840. The van der Waals surface area contributed by atoms with Crippen LogP contribution in [0.15, 0.2) is 59.5 Å². The molecule has 2 rings (SSSR count). The van der Waals surface area contributed by atoms with Gasteiger partial charge < -0.3 is 9.29 Å². The molecule has 0 spiro atoms. The van der Waals surface area contributed by atoms with E-state index in [0.29, 0.717) is 12.2 Å². The standard InChI is InChI=1S/C17H16FO2S/c1-20-16-9-11-17(12-10-16)21(19)13-3-2-4-14-5-7-15(18)8-6-14/h2,5-12H,4,13H2,1H3. The van der Waals surface area contributed by atoms with E-state index < -0.39 is 11.2 Å². The lowest BCUT2D eigenvalue weighted by Gasteiger charge is -2.08. The van der Waals surface area contributed by atoms with Crippen molar-refractivity contribution < 1.29 is 13.7 Å². The molecule has 0 saturated carbocycles. The lowest BCUT2D eigenvalue weighted by molar-refractivity contribution is 0.414. The topological polar surface area (TPSA) is 32.3 Å². The fourth-order valence-electron chi connectivity index (χ4n) is 1.76. The van der Waals surface area contributed by atoms with Crippen LogP contribution in [0.4, 0.5) is 4.39 Å². The molecule has 0 amide bonds. The molecule has 0 saturated heterocycles. The summed E-state index contributed by atoms with van der Waals surface area (Å²) < 4.78 is 29.8. The molecule has 2 nitrogen and oxygen atoms in total. The van der Waals surface area contributed by atoms with Gasteiger partial charge in [0.1, 0.15) is 17.3 Å². The van der Waals surface area contributed by atoms with Crippen molar-refractivity contribution in [3.05, 3.63) is 72.1 Å². The summed E-state index contributed by atoms with van der Waals surface area (Å²) in [6, 6.07) is 13.5. The molecular formula is C17H16FO2S. The molecule has 0 aliphatic heterocycles. The third-order valence-electron chi connectivity index (χ3n) is 2.93. The number of hydrogen-bond donors (Lipinski definition) is 0. The molecule has 109 valence electrons. The molecule has 21 heavy (non-hydrogen) atoms. The Morgan fingerprint density at radius 3 is 2.43 bits per heavy atom. The number of benzene rings is 2. The molecule has 1 atom stereocenters. The Labute approximate surface area is 127 Å². The summed E-state index contributed by atoms with van der Waals surface area (Å²) >= 11 is -1.11. The second kappa shape index (κ2) is 7.86. The van der Waals surface area contributed by atoms with Gasteiger partial charge in [0.2, 0.25) is 0 Å². The van der Waals surface area contributed by atoms with Crippen molar-refractivity contribution in [3.63, 3.8) is 0 Å². The van der Waals surface area contributed by atoms with Gasteiger partial charge in [0.15, 0.2) is 4.90 Å². The molecule has 1 radical (unpaired) electrons. The summed E-state index contributed by atoms with van der Waals surface area (Å²) in [6.07, 6.45) is 5.51. The molecular weight excluding hydrogens is 287 g/mol. The lowest BCUT2D eigenvalue weighted by Crippen LogP contribution is -2.05. The Bertz CT molecular complexity index is 579. The highest BCUT2D eigenvalue weighted by molar-refractivity contribution is 7.91. The smallest absolute Gasteiger partial charge is 0.153 e. The Balaban J connectivity index is 1.83. The average molecular weight is 303 g/mol. The summed E-state index contributed by atoms with van der Waals surface area (Å²) in [5, 5.41) is 0. The molecule has 0 N–H and O–H groups in total. The summed E-state index contributed by atoms with van der Waals surface area (Å²) in [6.45, 7) is 0. The van der Waals surface area contributed by atoms with E-state index in [1.54, 1.807) is 43.5 Å². The molecule has 2 aromatic carbocycles. The summed E-state index contributed by atoms with van der Waals surface area (Å²) in [7, 11) is 1.60. The Morgan fingerprint density at radius 2 is 1.81 bits per heavy atom. The van der Waals surface area contributed by atoms with Gasteiger partial charge in [0.25, 0.3) is 0 Å².